The molecule has 0 bridgehead atoms. The third-order valence-electron chi connectivity index (χ3n) is 6.08. The van der Waals surface area contributed by atoms with E-state index in [2.05, 4.69) is 0 Å². The molecule has 2 heterocycles. The van der Waals surface area contributed by atoms with E-state index in [-0.39, 0.29) is 23.9 Å². The molecule has 2 saturated heterocycles. The Hall–Kier alpha value is -2.08. The Labute approximate surface area is 212 Å². The highest BCUT2D eigenvalue weighted by molar-refractivity contribution is 5.62. The first-order chi connectivity index (χ1) is 17.7. The minimum absolute atomic E-state index is 0.0315. The Balaban J connectivity index is 1.70. The summed E-state index contributed by atoms with van der Waals surface area (Å²) in [5, 5.41) is 78.6. The highest BCUT2D eigenvalue weighted by Crippen LogP contribution is 2.41. The summed E-state index contributed by atoms with van der Waals surface area (Å²) >= 11 is 0. The van der Waals surface area contributed by atoms with Gasteiger partial charge in [0.2, 0.25) is 12.0 Å². The van der Waals surface area contributed by atoms with Crippen molar-refractivity contribution in [3.05, 3.63) is 23.8 Å². The van der Waals surface area contributed by atoms with Crippen LogP contribution in [-0.2, 0) is 14.2 Å². The second-order valence-electron chi connectivity index (χ2n) is 8.50. The average Bonchev–Trinajstić information content (AvgIpc) is 2.91. The van der Waals surface area contributed by atoms with E-state index in [1.54, 1.807) is 24.3 Å². The fourth-order valence-electron chi connectivity index (χ4n) is 3.93. The molecule has 2 fully saturated rings. The first kappa shape index (κ1) is 29.5. The number of hydrogen-bond acceptors (Lipinski definition) is 14. The molecule has 210 valence electrons. The molecule has 8 N–H and O–H groups in total. The van der Waals surface area contributed by atoms with Gasteiger partial charge in [0.25, 0.3) is 0 Å². The molecule has 0 amide bonds. The van der Waals surface area contributed by atoms with Gasteiger partial charge in [0.1, 0.15) is 48.8 Å². The van der Waals surface area contributed by atoms with Crippen molar-refractivity contribution in [2.45, 2.75) is 61.4 Å². The van der Waals surface area contributed by atoms with Crippen molar-refractivity contribution in [2.75, 3.05) is 34.0 Å². The quantitative estimate of drug-likeness (QED) is 0.148. The summed E-state index contributed by atoms with van der Waals surface area (Å²) in [5.41, 5.74) is 0.562. The van der Waals surface area contributed by atoms with Crippen LogP contribution in [0.15, 0.2) is 18.2 Å². The van der Waals surface area contributed by atoms with Crippen LogP contribution in [0, 0.1) is 0 Å². The summed E-state index contributed by atoms with van der Waals surface area (Å²) in [5.74, 6) is 0.376. The lowest BCUT2D eigenvalue weighted by molar-refractivity contribution is -0.298. The zero-order chi connectivity index (χ0) is 27.3. The molecule has 0 spiro atoms. The smallest absolute Gasteiger partial charge is 0.229 e. The van der Waals surface area contributed by atoms with E-state index in [0.29, 0.717) is 5.56 Å². The van der Waals surface area contributed by atoms with E-state index in [0.717, 1.165) is 0 Å². The summed E-state index contributed by atoms with van der Waals surface area (Å²) in [7, 11) is 2.73. The van der Waals surface area contributed by atoms with E-state index in [9.17, 15) is 40.9 Å². The van der Waals surface area contributed by atoms with Gasteiger partial charge in [-0.25, -0.2) is 0 Å². The Morgan fingerprint density at radius 3 is 1.70 bits per heavy atom. The molecule has 3 rings (SSSR count). The second kappa shape index (κ2) is 13.1. The third-order valence-corrected chi connectivity index (χ3v) is 6.08. The number of aliphatic hydroxyl groups is 8. The molecule has 1 aromatic rings. The average molecular weight is 535 g/mol. The molecule has 0 aromatic heterocycles. The molecule has 37 heavy (non-hydrogen) atoms. The van der Waals surface area contributed by atoms with Gasteiger partial charge in [-0.3, -0.25) is 0 Å². The Morgan fingerprint density at radius 1 is 0.730 bits per heavy atom. The molecule has 14 heteroatoms. The van der Waals surface area contributed by atoms with Crippen molar-refractivity contribution in [1.29, 1.82) is 0 Å². The molecule has 0 unspecified atom stereocenters. The van der Waals surface area contributed by atoms with Crippen molar-refractivity contribution in [2.24, 2.45) is 0 Å². The fourth-order valence-corrected chi connectivity index (χ4v) is 3.93. The first-order valence-electron chi connectivity index (χ1n) is 11.5. The van der Waals surface area contributed by atoms with Crippen LogP contribution in [0.5, 0.6) is 17.2 Å². The Morgan fingerprint density at radius 2 is 1.22 bits per heavy atom. The number of hydrogen-bond donors (Lipinski definition) is 8. The minimum atomic E-state index is -1.63. The maximum Gasteiger partial charge on any atom is 0.229 e. The number of benzene rings is 1. The molecule has 0 aliphatic carbocycles. The van der Waals surface area contributed by atoms with Crippen LogP contribution in [0.3, 0.4) is 0 Å². The van der Waals surface area contributed by atoms with Gasteiger partial charge in [0.05, 0.1) is 34.0 Å². The van der Waals surface area contributed by atoms with Crippen molar-refractivity contribution >= 4 is 6.08 Å². The summed E-state index contributed by atoms with van der Waals surface area (Å²) < 4.78 is 32.5. The normalized spacial score (nSPS) is 36.5. The van der Waals surface area contributed by atoms with Crippen LogP contribution in [-0.4, -0.2) is 136 Å². The van der Waals surface area contributed by atoms with Crippen LogP contribution in [0.1, 0.15) is 5.56 Å². The van der Waals surface area contributed by atoms with Crippen LogP contribution in [0.2, 0.25) is 0 Å². The predicted octanol–water partition coefficient (Wildman–Crippen LogP) is -3.29. The van der Waals surface area contributed by atoms with Gasteiger partial charge < -0.3 is 69.3 Å². The molecule has 14 nitrogen and oxygen atoms in total. The van der Waals surface area contributed by atoms with Crippen molar-refractivity contribution in [3.8, 4) is 17.2 Å². The third kappa shape index (κ3) is 6.50. The van der Waals surface area contributed by atoms with Crippen LogP contribution < -0.4 is 14.2 Å². The maximum atomic E-state index is 10.3. The summed E-state index contributed by atoms with van der Waals surface area (Å²) in [4.78, 5) is 0. The molecule has 2 aliphatic heterocycles. The molecule has 10 atom stereocenters. The van der Waals surface area contributed by atoms with E-state index in [1.807, 2.05) is 0 Å². The Bertz CT molecular complexity index is 867. The van der Waals surface area contributed by atoms with Crippen molar-refractivity contribution in [1.82, 2.24) is 0 Å². The van der Waals surface area contributed by atoms with E-state index < -0.39 is 74.6 Å². The molecule has 0 saturated carbocycles. The van der Waals surface area contributed by atoms with Gasteiger partial charge in [-0.2, -0.15) is 0 Å². The fraction of sp³-hybridized carbons (Fsp3) is 0.652. The number of methoxy groups -OCH3 is 2. The molecular formula is C23H34O14. The largest absolute Gasteiger partial charge is 0.493 e. The zero-order valence-corrected chi connectivity index (χ0v) is 20.2. The van der Waals surface area contributed by atoms with Gasteiger partial charge in [0, 0.05) is 0 Å². The van der Waals surface area contributed by atoms with E-state index in [4.69, 9.17) is 28.4 Å². The van der Waals surface area contributed by atoms with Crippen LogP contribution >= 0.6 is 0 Å². The first-order valence-corrected chi connectivity index (χ1v) is 11.5. The second-order valence-corrected chi connectivity index (χ2v) is 8.50. The van der Waals surface area contributed by atoms with E-state index >= 15 is 0 Å². The molecule has 2 aliphatic rings. The highest BCUT2D eigenvalue weighted by Gasteiger charge is 2.45. The van der Waals surface area contributed by atoms with Gasteiger partial charge in [-0.1, -0.05) is 12.2 Å². The monoisotopic (exact) mass is 534 g/mol. The highest BCUT2D eigenvalue weighted by atomic mass is 16.7. The van der Waals surface area contributed by atoms with Crippen molar-refractivity contribution in [3.63, 3.8) is 0 Å². The van der Waals surface area contributed by atoms with Crippen molar-refractivity contribution < 1.29 is 69.3 Å². The number of ether oxygens (including phenoxy) is 6. The van der Waals surface area contributed by atoms with Gasteiger partial charge in [0.15, 0.2) is 17.8 Å². The zero-order valence-electron chi connectivity index (χ0n) is 20.2. The summed E-state index contributed by atoms with van der Waals surface area (Å²) in [6.45, 7) is -1.26. The van der Waals surface area contributed by atoms with Crippen LogP contribution in [0.25, 0.3) is 6.08 Å². The Kier molecular flexibility index (Phi) is 10.5. The summed E-state index contributed by atoms with van der Waals surface area (Å²) in [6, 6.07) is 3.12. The lowest BCUT2D eigenvalue weighted by atomic mass is 9.99. The van der Waals surface area contributed by atoms with Gasteiger partial charge >= 0.3 is 0 Å². The maximum absolute atomic E-state index is 10.3. The standard InChI is InChI=1S/C23H34O14/c1-32-11-6-10(4-3-5-34-22-19(30)17(28)15(26)13(8-24)35-22)7-12(33-2)21(11)37-23-20(31)18(29)16(27)14(9-25)36-23/h3-4,6-7,13-20,22-31H,5,8-9H2,1-2H3/b4-3+/t13-,14-,15-,16-,17+,18+,19-,20-,22-,23+/m1/s1. The van der Waals surface area contributed by atoms with E-state index in [1.165, 1.54) is 14.2 Å². The SMILES string of the molecule is COc1cc(/C=C/CO[C@@H]2O[C@H](CO)[C@@H](O)[C@H](O)[C@H]2O)cc(OC)c1O[C@@H]1O[C@H](CO)[C@@H](O)[C@H](O)[C@H]1O. The number of rotatable bonds is 10. The molecule has 1 aromatic carbocycles. The summed E-state index contributed by atoms with van der Waals surface area (Å²) in [6.07, 6.45) is -11.2. The number of aliphatic hydroxyl groups excluding tert-OH is 8. The topological polar surface area (TPSA) is 217 Å². The predicted molar refractivity (Wildman–Crippen MR) is 123 cm³/mol. The lowest BCUT2D eigenvalue weighted by Gasteiger charge is -2.39. The molecular weight excluding hydrogens is 500 g/mol. The van der Waals surface area contributed by atoms with Gasteiger partial charge in [-0.05, 0) is 17.7 Å². The minimum Gasteiger partial charge on any atom is -0.493 e. The lowest BCUT2D eigenvalue weighted by Crippen LogP contribution is -2.60. The molecule has 0 radical (unpaired) electrons. The van der Waals surface area contributed by atoms with Crippen LogP contribution in [0.4, 0.5) is 0 Å². The van der Waals surface area contributed by atoms with Gasteiger partial charge in [-0.15, -0.1) is 0 Å².